The van der Waals surface area contributed by atoms with Crippen LogP contribution in [0.5, 0.6) is 0 Å². The quantitative estimate of drug-likeness (QED) is 0.755. The van der Waals surface area contributed by atoms with Gasteiger partial charge in [0.2, 0.25) is 11.8 Å². The van der Waals surface area contributed by atoms with Crippen molar-refractivity contribution in [1.29, 1.82) is 0 Å². The molecule has 6 nitrogen and oxygen atoms in total. The van der Waals surface area contributed by atoms with E-state index in [9.17, 15) is 9.59 Å². The summed E-state index contributed by atoms with van der Waals surface area (Å²) in [6.07, 6.45) is 1.45. The van der Waals surface area contributed by atoms with E-state index >= 15 is 0 Å². The van der Waals surface area contributed by atoms with Crippen LogP contribution >= 0.6 is 0 Å². The number of fused-ring (bicyclic) bond motifs is 1. The average molecular weight is 274 g/mol. The van der Waals surface area contributed by atoms with E-state index in [1.165, 1.54) is 6.92 Å². The van der Waals surface area contributed by atoms with Gasteiger partial charge in [0, 0.05) is 19.9 Å². The van der Waals surface area contributed by atoms with E-state index in [1.807, 2.05) is 28.8 Å². The van der Waals surface area contributed by atoms with Gasteiger partial charge in [-0.2, -0.15) is 0 Å². The maximum Gasteiger partial charge on any atom is 0.237 e. The minimum absolute atomic E-state index is 0.0457. The number of carbonyl (C=O) groups excluding carboxylic acids is 2. The molecule has 1 aromatic carbocycles. The first-order valence-electron chi connectivity index (χ1n) is 6.55. The lowest BCUT2D eigenvalue weighted by atomic mass is 10.3. The van der Waals surface area contributed by atoms with E-state index in [1.54, 1.807) is 0 Å². The third kappa shape index (κ3) is 3.34. The summed E-state index contributed by atoms with van der Waals surface area (Å²) in [7, 11) is 0. The lowest BCUT2D eigenvalue weighted by Gasteiger charge is -2.07. The highest BCUT2D eigenvalue weighted by Gasteiger charge is 2.11. The Morgan fingerprint density at radius 3 is 2.80 bits per heavy atom. The third-order valence-corrected chi connectivity index (χ3v) is 3.00. The molecular weight excluding hydrogens is 256 g/mol. The van der Waals surface area contributed by atoms with Crippen LogP contribution in [0.15, 0.2) is 24.3 Å². The molecule has 2 amide bonds. The number of primary amides is 1. The number of para-hydroxylation sites is 2. The number of nitrogens with two attached hydrogens (primary N) is 1. The predicted octanol–water partition coefficient (Wildman–Crippen LogP) is 0.590. The van der Waals surface area contributed by atoms with Crippen LogP contribution in [0, 0.1) is 0 Å². The Hall–Kier alpha value is -2.37. The lowest BCUT2D eigenvalue weighted by molar-refractivity contribution is -0.119. The summed E-state index contributed by atoms with van der Waals surface area (Å²) in [5.74, 6) is 0.377. The van der Waals surface area contributed by atoms with Gasteiger partial charge in [0.1, 0.15) is 12.4 Å². The standard InChI is InChI=1S/C14H18N4O2/c1-10(19)16-8-4-7-14-17-11-5-2-3-6-12(11)18(14)9-13(15)20/h2-3,5-6H,4,7-9H2,1H3,(H2,15,20)(H,16,19). The number of hydrogen-bond acceptors (Lipinski definition) is 3. The number of amides is 2. The van der Waals surface area contributed by atoms with Crippen LogP contribution in [-0.2, 0) is 22.6 Å². The van der Waals surface area contributed by atoms with Crippen LogP contribution in [-0.4, -0.2) is 27.9 Å². The van der Waals surface area contributed by atoms with Gasteiger partial charge in [-0.05, 0) is 18.6 Å². The highest BCUT2D eigenvalue weighted by molar-refractivity contribution is 5.80. The van der Waals surface area contributed by atoms with Crippen molar-refractivity contribution in [2.75, 3.05) is 6.54 Å². The molecule has 0 aliphatic rings. The molecule has 0 atom stereocenters. The van der Waals surface area contributed by atoms with Gasteiger partial charge in [-0.1, -0.05) is 12.1 Å². The van der Waals surface area contributed by atoms with Crippen molar-refractivity contribution in [2.45, 2.75) is 26.3 Å². The molecule has 0 fully saturated rings. The third-order valence-electron chi connectivity index (χ3n) is 3.00. The summed E-state index contributed by atoms with van der Waals surface area (Å²) in [6, 6.07) is 7.64. The van der Waals surface area contributed by atoms with Crippen molar-refractivity contribution in [3.63, 3.8) is 0 Å². The van der Waals surface area contributed by atoms with E-state index in [2.05, 4.69) is 10.3 Å². The fourth-order valence-corrected chi connectivity index (χ4v) is 2.16. The van der Waals surface area contributed by atoms with Crippen molar-refractivity contribution < 1.29 is 9.59 Å². The van der Waals surface area contributed by atoms with Crippen LogP contribution in [0.3, 0.4) is 0 Å². The van der Waals surface area contributed by atoms with Gasteiger partial charge in [-0.3, -0.25) is 9.59 Å². The molecule has 2 rings (SSSR count). The predicted molar refractivity (Wildman–Crippen MR) is 75.9 cm³/mol. The number of nitrogens with one attached hydrogen (secondary N) is 1. The minimum Gasteiger partial charge on any atom is -0.368 e. The van der Waals surface area contributed by atoms with E-state index < -0.39 is 5.91 Å². The molecule has 0 aliphatic heterocycles. The summed E-state index contributed by atoms with van der Waals surface area (Å²) >= 11 is 0. The average Bonchev–Trinajstić information content (AvgIpc) is 2.72. The van der Waals surface area contributed by atoms with Gasteiger partial charge in [0.05, 0.1) is 11.0 Å². The smallest absolute Gasteiger partial charge is 0.237 e. The molecular formula is C14H18N4O2. The summed E-state index contributed by atoms with van der Waals surface area (Å²) < 4.78 is 1.84. The van der Waals surface area contributed by atoms with Gasteiger partial charge >= 0.3 is 0 Å². The molecule has 1 aromatic heterocycles. The van der Waals surface area contributed by atoms with Gasteiger partial charge in [-0.25, -0.2) is 4.98 Å². The highest BCUT2D eigenvalue weighted by atomic mass is 16.1. The van der Waals surface area contributed by atoms with Crippen molar-refractivity contribution in [1.82, 2.24) is 14.9 Å². The molecule has 2 aromatic rings. The number of nitrogens with zero attached hydrogens (tertiary/aromatic N) is 2. The summed E-state index contributed by atoms with van der Waals surface area (Å²) in [4.78, 5) is 26.5. The fraction of sp³-hybridized carbons (Fsp3) is 0.357. The first-order valence-corrected chi connectivity index (χ1v) is 6.55. The molecule has 0 radical (unpaired) electrons. The van der Waals surface area contributed by atoms with E-state index in [0.29, 0.717) is 13.0 Å². The van der Waals surface area contributed by atoms with Crippen LogP contribution < -0.4 is 11.1 Å². The molecule has 0 spiro atoms. The van der Waals surface area contributed by atoms with Gasteiger partial charge in [0.25, 0.3) is 0 Å². The van der Waals surface area contributed by atoms with Crippen molar-refractivity contribution in [3.05, 3.63) is 30.1 Å². The van der Waals surface area contributed by atoms with E-state index in [0.717, 1.165) is 23.3 Å². The van der Waals surface area contributed by atoms with Crippen LogP contribution in [0.2, 0.25) is 0 Å². The van der Waals surface area contributed by atoms with Crippen LogP contribution in [0.25, 0.3) is 11.0 Å². The summed E-state index contributed by atoms with van der Waals surface area (Å²) in [5, 5.41) is 2.74. The molecule has 0 unspecified atom stereocenters. The summed E-state index contributed by atoms with van der Waals surface area (Å²) in [6.45, 7) is 2.20. The molecule has 0 saturated heterocycles. The van der Waals surface area contributed by atoms with Gasteiger partial charge in [-0.15, -0.1) is 0 Å². The topological polar surface area (TPSA) is 90.0 Å². The number of carbonyl (C=O) groups is 2. The molecule has 6 heteroatoms. The molecule has 1 heterocycles. The Morgan fingerprint density at radius 2 is 2.10 bits per heavy atom. The molecule has 0 saturated carbocycles. The second-order valence-electron chi connectivity index (χ2n) is 4.66. The lowest BCUT2D eigenvalue weighted by Crippen LogP contribution is -2.23. The zero-order chi connectivity index (χ0) is 14.5. The van der Waals surface area contributed by atoms with Crippen molar-refractivity contribution in [2.24, 2.45) is 5.73 Å². The number of imidazole rings is 1. The maximum atomic E-state index is 11.2. The van der Waals surface area contributed by atoms with E-state index in [4.69, 9.17) is 5.73 Å². The SMILES string of the molecule is CC(=O)NCCCc1nc2ccccc2n1CC(N)=O. The number of hydrogen-bond donors (Lipinski definition) is 2. The van der Waals surface area contributed by atoms with Gasteiger partial charge in [0.15, 0.2) is 0 Å². The number of aryl methyl sites for hydroxylation is 1. The van der Waals surface area contributed by atoms with Crippen molar-refractivity contribution in [3.8, 4) is 0 Å². The summed E-state index contributed by atoms with van der Waals surface area (Å²) in [5.41, 5.74) is 7.05. The first-order chi connectivity index (χ1) is 9.58. The second-order valence-corrected chi connectivity index (χ2v) is 4.66. The zero-order valence-corrected chi connectivity index (χ0v) is 11.4. The Kier molecular flexibility index (Phi) is 4.34. The van der Waals surface area contributed by atoms with E-state index in [-0.39, 0.29) is 12.5 Å². The van der Waals surface area contributed by atoms with Crippen LogP contribution in [0.4, 0.5) is 0 Å². The molecule has 3 N–H and O–H groups in total. The Bertz CT molecular complexity index is 633. The van der Waals surface area contributed by atoms with Crippen molar-refractivity contribution >= 4 is 22.8 Å². The largest absolute Gasteiger partial charge is 0.368 e. The normalized spacial score (nSPS) is 10.7. The molecule has 0 bridgehead atoms. The second kappa shape index (κ2) is 6.18. The molecule has 106 valence electrons. The molecule has 20 heavy (non-hydrogen) atoms. The number of aromatic nitrogens is 2. The zero-order valence-electron chi connectivity index (χ0n) is 11.4. The Morgan fingerprint density at radius 1 is 1.35 bits per heavy atom. The first kappa shape index (κ1) is 14.0. The highest BCUT2D eigenvalue weighted by Crippen LogP contribution is 2.16. The van der Waals surface area contributed by atoms with Gasteiger partial charge < -0.3 is 15.6 Å². The minimum atomic E-state index is -0.392. The fourth-order valence-electron chi connectivity index (χ4n) is 2.16. The maximum absolute atomic E-state index is 11.2. The molecule has 0 aliphatic carbocycles. The monoisotopic (exact) mass is 274 g/mol. The number of rotatable bonds is 6. The Balaban J connectivity index is 2.18. The Labute approximate surface area is 117 Å². The van der Waals surface area contributed by atoms with Crippen LogP contribution in [0.1, 0.15) is 19.2 Å². The number of benzene rings is 1.